The van der Waals surface area contributed by atoms with Gasteiger partial charge >= 0.3 is 0 Å². The number of aromatic nitrogens is 4. The van der Waals surface area contributed by atoms with Crippen molar-refractivity contribution in [2.24, 2.45) is 11.8 Å². The van der Waals surface area contributed by atoms with Crippen molar-refractivity contribution in [2.45, 2.75) is 70.9 Å². The van der Waals surface area contributed by atoms with Crippen molar-refractivity contribution in [3.05, 3.63) is 12.0 Å². The minimum absolute atomic E-state index is 0.00397. The Morgan fingerprint density at radius 2 is 2.06 bits per heavy atom. The van der Waals surface area contributed by atoms with E-state index in [1.54, 1.807) is 0 Å². The Kier molecular flexibility index (Phi) is 6.15. The molecule has 1 atom stereocenters. The highest BCUT2D eigenvalue weighted by atomic mass is 16.3. The van der Waals surface area contributed by atoms with Gasteiger partial charge in [0.1, 0.15) is 23.4 Å². The summed E-state index contributed by atoms with van der Waals surface area (Å²) in [6.45, 7) is 6.06. The number of hydrogen-bond acceptors (Lipinski definition) is 6. The summed E-state index contributed by atoms with van der Waals surface area (Å²) >= 11 is 0. The fraction of sp³-hybridized carbons (Fsp3) is 0.652. The van der Waals surface area contributed by atoms with Crippen LogP contribution in [0.25, 0.3) is 11.0 Å². The molecule has 166 valence electrons. The summed E-state index contributed by atoms with van der Waals surface area (Å²) in [7, 11) is 0. The van der Waals surface area contributed by atoms with Gasteiger partial charge in [0.05, 0.1) is 5.39 Å². The molecule has 1 amide bonds. The summed E-state index contributed by atoms with van der Waals surface area (Å²) in [5, 5.41) is 16.1. The largest absolute Gasteiger partial charge is 0.383 e. The topological polar surface area (TPSA) is 110 Å². The summed E-state index contributed by atoms with van der Waals surface area (Å²) < 4.78 is 1.84. The Bertz CT molecular complexity index is 1010. The van der Waals surface area contributed by atoms with Gasteiger partial charge < -0.3 is 15.7 Å². The number of nitrogen functional groups attached to an aromatic ring is 1. The Morgan fingerprint density at radius 3 is 2.81 bits per heavy atom. The molecule has 0 aromatic carbocycles. The number of aliphatic hydroxyl groups is 1. The van der Waals surface area contributed by atoms with Gasteiger partial charge in [-0.05, 0) is 50.4 Å². The van der Waals surface area contributed by atoms with E-state index < -0.39 is 5.60 Å². The molecule has 1 saturated carbocycles. The standard InChI is InChI=1S/C23H32N6O2/c1-16(2)22(30)28-12-6-7-17(13-28)14-29-21-19(20(24)25-15-26-21)18(27-29)8-11-23(31)9-4-3-5-10-23/h15-17,31H,3-7,9-10,12-14H2,1-2H3,(H2,24,25,26)/t17-/m1/s1. The van der Waals surface area contributed by atoms with Gasteiger partial charge in [0.2, 0.25) is 5.91 Å². The number of likely N-dealkylation sites (tertiary alicyclic amines) is 1. The molecule has 3 heterocycles. The molecular formula is C23H32N6O2. The van der Waals surface area contributed by atoms with Crippen LogP contribution in [-0.2, 0) is 11.3 Å². The van der Waals surface area contributed by atoms with Crippen LogP contribution in [0.2, 0.25) is 0 Å². The molecule has 1 saturated heterocycles. The fourth-order valence-corrected chi connectivity index (χ4v) is 4.71. The Morgan fingerprint density at radius 1 is 1.29 bits per heavy atom. The lowest BCUT2D eigenvalue weighted by atomic mass is 9.85. The predicted molar refractivity (Wildman–Crippen MR) is 119 cm³/mol. The third-order valence-electron chi connectivity index (χ3n) is 6.41. The molecule has 2 aromatic heterocycles. The highest BCUT2D eigenvalue weighted by molar-refractivity contribution is 5.90. The highest BCUT2D eigenvalue weighted by Gasteiger charge is 2.28. The van der Waals surface area contributed by atoms with E-state index in [-0.39, 0.29) is 11.8 Å². The SMILES string of the molecule is CC(C)C(=O)N1CCC[C@@H](Cn2nc(C#CC3(O)CCCCC3)c3c(N)ncnc32)C1. The molecule has 3 N–H and O–H groups in total. The van der Waals surface area contributed by atoms with Crippen molar-refractivity contribution in [2.75, 3.05) is 18.8 Å². The van der Waals surface area contributed by atoms with Crippen LogP contribution in [0.15, 0.2) is 6.33 Å². The van der Waals surface area contributed by atoms with Gasteiger partial charge in [-0.25, -0.2) is 14.6 Å². The maximum atomic E-state index is 12.4. The number of fused-ring (bicyclic) bond motifs is 1. The van der Waals surface area contributed by atoms with E-state index in [1.165, 1.54) is 6.33 Å². The molecule has 2 aliphatic rings. The van der Waals surface area contributed by atoms with E-state index in [2.05, 4.69) is 21.8 Å². The van der Waals surface area contributed by atoms with E-state index in [0.29, 0.717) is 47.8 Å². The van der Waals surface area contributed by atoms with Crippen LogP contribution in [0.5, 0.6) is 0 Å². The van der Waals surface area contributed by atoms with E-state index in [9.17, 15) is 9.90 Å². The molecule has 1 aliphatic heterocycles. The van der Waals surface area contributed by atoms with Gasteiger partial charge in [-0.15, -0.1) is 0 Å². The first-order valence-corrected chi connectivity index (χ1v) is 11.4. The maximum absolute atomic E-state index is 12.4. The van der Waals surface area contributed by atoms with Crippen molar-refractivity contribution < 1.29 is 9.90 Å². The molecule has 0 radical (unpaired) electrons. The first-order chi connectivity index (χ1) is 14.9. The number of carbonyl (C=O) groups is 1. The summed E-state index contributed by atoms with van der Waals surface area (Å²) in [4.78, 5) is 23.0. The highest BCUT2D eigenvalue weighted by Crippen LogP contribution is 2.28. The molecule has 31 heavy (non-hydrogen) atoms. The zero-order valence-electron chi connectivity index (χ0n) is 18.5. The van der Waals surface area contributed by atoms with Crippen LogP contribution in [0.1, 0.15) is 64.5 Å². The first kappa shape index (κ1) is 21.6. The molecule has 2 fully saturated rings. The second-order valence-corrected chi connectivity index (χ2v) is 9.28. The summed E-state index contributed by atoms with van der Waals surface area (Å²) in [6.07, 6.45) is 7.94. The predicted octanol–water partition coefficient (Wildman–Crippen LogP) is 2.35. The number of hydrogen-bond donors (Lipinski definition) is 2. The molecule has 2 aromatic rings. The number of amides is 1. The molecule has 0 bridgehead atoms. The smallest absolute Gasteiger partial charge is 0.225 e. The maximum Gasteiger partial charge on any atom is 0.225 e. The van der Waals surface area contributed by atoms with E-state index >= 15 is 0 Å². The molecule has 0 spiro atoms. The van der Waals surface area contributed by atoms with Gasteiger partial charge in [-0.3, -0.25) is 4.79 Å². The minimum atomic E-state index is -0.959. The Hall–Kier alpha value is -2.66. The van der Waals surface area contributed by atoms with Crippen LogP contribution in [0.4, 0.5) is 5.82 Å². The lowest BCUT2D eigenvalue weighted by Crippen LogP contribution is -2.43. The lowest BCUT2D eigenvalue weighted by Gasteiger charge is -2.33. The van der Waals surface area contributed by atoms with E-state index in [1.807, 2.05) is 23.4 Å². The first-order valence-electron chi connectivity index (χ1n) is 11.4. The normalized spacial score (nSPS) is 21.2. The van der Waals surface area contributed by atoms with Crippen molar-refractivity contribution in [1.29, 1.82) is 0 Å². The van der Waals surface area contributed by atoms with E-state index in [4.69, 9.17) is 10.8 Å². The number of rotatable bonds is 3. The second kappa shape index (κ2) is 8.83. The van der Waals surface area contributed by atoms with Gasteiger partial charge in [0.25, 0.3) is 0 Å². The van der Waals surface area contributed by atoms with Crippen LogP contribution in [0, 0.1) is 23.7 Å². The van der Waals surface area contributed by atoms with Crippen LogP contribution < -0.4 is 5.73 Å². The average Bonchev–Trinajstić information content (AvgIpc) is 3.11. The van der Waals surface area contributed by atoms with Crippen LogP contribution in [0.3, 0.4) is 0 Å². The number of anilines is 1. The van der Waals surface area contributed by atoms with Crippen LogP contribution >= 0.6 is 0 Å². The summed E-state index contributed by atoms with van der Waals surface area (Å²) in [5.74, 6) is 6.97. The Balaban J connectivity index is 1.61. The molecule has 8 heteroatoms. The van der Waals surface area contributed by atoms with Crippen molar-refractivity contribution in [1.82, 2.24) is 24.6 Å². The Labute approximate surface area is 183 Å². The third kappa shape index (κ3) is 4.67. The third-order valence-corrected chi connectivity index (χ3v) is 6.41. The second-order valence-electron chi connectivity index (χ2n) is 9.28. The monoisotopic (exact) mass is 424 g/mol. The van der Waals surface area contributed by atoms with Gasteiger partial charge in [0.15, 0.2) is 5.65 Å². The van der Waals surface area contributed by atoms with Crippen molar-refractivity contribution >= 4 is 22.8 Å². The molecule has 8 nitrogen and oxygen atoms in total. The quantitative estimate of drug-likeness (QED) is 0.732. The molecule has 1 aliphatic carbocycles. The zero-order chi connectivity index (χ0) is 22.0. The lowest BCUT2D eigenvalue weighted by molar-refractivity contribution is -0.136. The average molecular weight is 425 g/mol. The number of carbonyl (C=O) groups excluding carboxylic acids is 1. The van der Waals surface area contributed by atoms with E-state index in [0.717, 1.165) is 45.2 Å². The van der Waals surface area contributed by atoms with Crippen molar-refractivity contribution in [3.8, 4) is 11.8 Å². The minimum Gasteiger partial charge on any atom is -0.383 e. The molecule has 4 rings (SSSR count). The van der Waals surface area contributed by atoms with Gasteiger partial charge in [-0.1, -0.05) is 26.2 Å². The number of nitrogens with zero attached hydrogens (tertiary/aromatic N) is 5. The molecule has 0 unspecified atom stereocenters. The zero-order valence-corrected chi connectivity index (χ0v) is 18.5. The van der Waals surface area contributed by atoms with Crippen molar-refractivity contribution in [3.63, 3.8) is 0 Å². The summed E-state index contributed by atoms with van der Waals surface area (Å²) in [6, 6.07) is 0. The summed E-state index contributed by atoms with van der Waals surface area (Å²) in [5.41, 5.74) is 6.36. The number of nitrogens with two attached hydrogens (primary N) is 1. The fourth-order valence-electron chi connectivity index (χ4n) is 4.71. The molecular weight excluding hydrogens is 392 g/mol. The van der Waals surface area contributed by atoms with Gasteiger partial charge in [0, 0.05) is 25.6 Å². The number of piperidine rings is 1. The van der Waals surface area contributed by atoms with Crippen LogP contribution in [-0.4, -0.2) is 54.4 Å². The van der Waals surface area contributed by atoms with Gasteiger partial charge in [-0.2, -0.15) is 5.10 Å².